The number of carbonyl (C=O) groups excluding carboxylic acids is 1. The standard InChI is InChI=1S/C13H18BrFN2O.ClH/c1-8(2)5-10(7-16)17-13(18)9-3-4-11(14)12(15)6-9;/h3-4,6,8,10H,5,7,16H2,1-2H3,(H,17,18);1H. The largest absolute Gasteiger partial charge is 0.348 e. The monoisotopic (exact) mass is 352 g/mol. The molecule has 0 aliphatic rings. The summed E-state index contributed by atoms with van der Waals surface area (Å²) in [4.78, 5) is 11.9. The molecule has 19 heavy (non-hydrogen) atoms. The summed E-state index contributed by atoms with van der Waals surface area (Å²) in [5.41, 5.74) is 5.91. The summed E-state index contributed by atoms with van der Waals surface area (Å²) in [6.07, 6.45) is 0.807. The minimum absolute atomic E-state index is 0. The van der Waals surface area contributed by atoms with Crippen LogP contribution in [0.25, 0.3) is 0 Å². The van der Waals surface area contributed by atoms with Crippen LogP contribution >= 0.6 is 28.3 Å². The molecule has 1 aromatic rings. The highest BCUT2D eigenvalue weighted by atomic mass is 79.9. The highest BCUT2D eigenvalue weighted by molar-refractivity contribution is 9.10. The van der Waals surface area contributed by atoms with Gasteiger partial charge in [0.1, 0.15) is 5.82 Å². The van der Waals surface area contributed by atoms with Gasteiger partial charge >= 0.3 is 0 Å². The molecule has 1 atom stereocenters. The van der Waals surface area contributed by atoms with Gasteiger partial charge in [-0.1, -0.05) is 13.8 Å². The Hall–Kier alpha value is -0.650. The molecular weight excluding hydrogens is 335 g/mol. The van der Waals surface area contributed by atoms with Crippen molar-refractivity contribution in [3.05, 3.63) is 34.1 Å². The van der Waals surface area contributed by atoms with Crippen molar-refractivity contribution in [2.45, 2.75) is 26.3 Å². The molecule has 0 heterocycles. The van der Waals surface area contributed by atoms with Crippen LogP contribution in [0.3, 0.4) is 0 Å². The number of hydrogen-bond donors (Lipinski definition) is 2. The number of benzene rings is 1. The number of amides is 1. The Morgan fingerprint density at radius 1 is 1.47 bits per heavy atom. The molecule has 0 aromatic heterocycles. The van der Waals surface area contributed by atoms with E-state index in [0.717, 1.165) is 6.42 Å². The predicted molar refractivity (Wildman–Crippen MR) is 81.1 cm³/mol. The molecule has 0 bridgehead atoms. The first-order chi connectivity index (χ1) is 8.43. The second-order valence-corrected chi connectivity index (χ2v) is 5.52. The quantitative estimate of drug-likeness (QED) is 0.854. The Balaban J connectivity index is 0.00000324. The average Bonchev–Trinajstić information content (AvgIpc) is 2.31. The predicted octanol–water partition coefficient (Wildman–Crippen LogP) is 3.11. The van der Waals surface area contributed by atoms with Crippen LogP contribution in [-0.4, -0.2) is 18.5 Å². The SMILES string of the molecule is CC(C)CC(CN)NC(=O)c1ccc(Br)c(F)c1.Cl. The van der Waals surface area contributed by atoms with Crippen LogP contribution in [0, 0.1) is 11.7 Å². The molecule has 1 unspecified atom stereocenters. The van der Waals surface area contributed by atoms with Gasteiger partial charge in [0.05, 0.1) is 4.47 Å². The molecule has 0 aliphatic heterocycles. The third-order valence-corrected chi connectivity index (χ3v) is 3.20. The zero-order chi connectivity index (χ0) is 13.7. The van der Waals surface area contributed by atoms with E-state index < -0.39 is 5.82 Å². The average molecular weight is 354 g/mol. The molecule has 0 fully saturated rings. The van der Waals surface area contributed by atoms with Gasteiger partial charge in [-0.15, -0.1) is 12.4 Å². The molecule has 0 spiro atoms. The first-order valence-electron chi connectivity index (χ1n) is 5.90. The summed E-state index contributed by atoms with van der Waals surface area (Å²) < 4.78 is 13.7. The van der Waals surface area contributed by atoms with Gasteiger partial charge in [-0.05, 0) is 46.5 Å². The lowest BCUT2D eigenvalue weighted by Gasteiger charge is -2.18. The number of nitrogens with one attached hydrogen (secondary N) is 1. The maximum Gasteiger partial charge on any atom is 0.251 e. The third-order valence-electron chi connectivity index (χ3n) is 2.56. The molecule has 1 aromatic carbocycles. The minimum Gasteiger partial charge on any atom is -0.348 e. The van der Waals surface area contributed by atoms with E-state index in [9.17, 15) is 9.18 Å². The van der Waals surface area contributed by atoms with Crippen LogP contribution < -0.4 is 11.1 Å². The first-order valence-corrected chi connectivity index (χ1v) is 6.69. The van der Waals surface area contributed by atoms with E-state index in [0.29, 0.717) is 22.5 Å². The lowest BCUT2D eigenvalue weighted by atomic mass is 10.0. The molecular formula is C13H19BrClFN2O. The molecule has 108 valence electrons. The van der Waals surface area contributed by atoms with Crippen LogP contribution in [0.4, 0.5) is 4.39 Å². The second-order valence-electron chi connectivity index (χ2n) is 4.66. The molecule has 3 nitrogen and oxygen atoms in total. The number of carbonyl (C=O) groups is 1. The highest BCUT2D eigenvalue weighted by Gasteiger charge is 2.14. The zero-order valence-corrected chi connectivity index (χ0v) is 13.4. The summed E-state index contributed by atoms with van der Waals surface area (Å²) in [5, 5.41) is 2.82. The fourth-order valence-electron chi connectivity index (χ4n) is 1.69. The maximum absolute atomic E-state index is 13.3. The van der Waals surface area contributed by atoms with E-state index >= 15 is 0 Å². The van der Waals surface area contributed by atoms with Gasteiger partial charge in [0.15, 0.2) is 0 Å². The Morgan fingerprint density at radius 3 is 2.58 bits per heavy atom. The number of nitrogens with two attached hydrogens (primary N) is 1. The Bertz CT molecular complexity index is 429. The summed E-state index contributed by atoms with van der Waals surface area (Å²) in [6, 6.07) is 4.22. The van der Waals surface area contributed by atoms with E-state index in [1.807, 2.05) is 0 Å². The van der Waals surface area contributed by atoms with E-state index in [1.165, 1.54) is 12.1 Å². The van der Waals surface area contributed by atoms with Crippen molar-refractivity contribution in [3.8, 4) is 0 Å². The van der Waals surface area contributed by atoms with Crippen molar-refractivity contribution in [1.82, 2.24) is 5.32 Å². The number of rotatable bonds is 5. The van der Waals surface area contributed by atoms with Crippen LogP contribution in [0.1, 0.15) is 30.6 Å². The lowest BCUT2D eigenvalue weighted by molar-refractivity contribution is 0.0933. The van der Waals surface area contributed by atoms with Crippen molar-refractivity contribution in [2.75, 3.05) is 6.54 Å². The van der Waals surface area contributed by atoms with Gasteiger partial charge in [-0.25, -0.2) is 4.39 Å². The van der Waals surface area contributed by atoms with Crippen molar-refractivity contribution >= 4 is 34.2 Å². The second kappa shape index (κ2) is 8.51. The van der Waals surface area contributed by atoms with Crippen LogP contribution in [0.5, 0.6) is 0 Å². The fourth-order valence-corrected chi connectivity index (χ4v) is 1.94. The van der Waals surface area contributed by atoms with Crippen molar-refractivity contribution in [1.29, 1.82) is 0 Å². The summed E-state index contributed by atoms with van der Waals surface area (Å²) in [7, 11) is 0. The van der Waals surface area contributed by atoms with E-state index in [-0.39, 0.29) is 24.4 Å². The Kier molecular flexibility index (Phi) is 8.22. The summed E-state index contributed by atoms with van der Waals surface area (Å²) in [5.74, 6) is -0.297. The highest BCUT2D eigenvalue weighted by Crippen LogP contribution is 2.16. The molecule has 6 heteroatoms. The third kappa shape index (κ3) is 5.89. The number of halogens is 3. The lowest BCUT2D eigenvalue weighted by Crippen LogP contribution is -2.41. The van der Waals surface area contributed by atoms with Gasteiger partial charge in [0.2, 0.25) is 0 Å². The molecule has 1 amide bonds. The molecule has 0 aliphatic carbocycles. The maximum atomic E-state index is 13.3. The van der Waals surface area contributed by atoms with Crippen LogP contribution in [-0.2, 0) is 0 Å². The fraction of sp³-hybridized carbons (Fsp3) is 0.462. The topological polar surface area (TPSA) is 55.1 Å². The van der Waals surface area contributed by atoms with Gasteiger partial charge in [-0.3, -0.25) is 4.79 Å². The van der Waals surface area contributed by atoms with Gasteiger partial charge < -0.3 is 11.1 Å². The van der Waals surface area contributed by atoms with Crippen LogP contribution in [0.2, 0.25) is 0 Å². The van der Waals surface area contributed by atoms with Gasteiger partial charge in [-0.2, -0.15) is 0 Å². The van der Waals surface area contributed by atoms with E-state index in [1.54, 1.807) is 6.07 Å². The molecule has 3 N–H and O–H groups in total. The molecule has 0 radical (unpaired) electrons. The molecule has 0 saturated carbocycles. The van der Waals surface area contributed by atoms with Crippen LogP contribution in [0.15, 0.2) is 22.7 Å². The Morgan fingerprint density at radius 2 is 2.11 bits per heavy atom. The first kappa shape index (κ1) is 18.4. The van der Waals surface area contributed by atoms with E-state index in [2.05, 4.69) is 35.1 Å². The van der Waals surface area contributed by atoms with Crippen molar-refractivity contribution in [2.24, 2.45) is 11.7 Å². The minimum atomic E-state index is -0.448. The van der Waals surface area contributed by atoms with Crippen molar-refractivity contribution < 1.29 is 9.18 Å². The summed E-state index contributed by atoms with van der Waals surface area (Å²) in [6.45, 7) is 4.51. The Labute approximate surface area is 127 Å². The molecule has 0 saturated heterocycles. The number of hydrogen-bond acceptors (Lipinski definition) is 2. The normalized spacial score (nSPS) is 11.9. The van der Waals surface area contributed by atoms with Gasteiger partial charge in [0.25, 0.3) is 5.91 Å². The molecule has 1 rings (SSSR count). The van der Waals surface area contributed by atoms with Crippen molar-refractivity contribution in [3.63, 3.8) is 0 Å². The van der Waals surface area contributed by atoms with E-state index in [4.69, 9.17) is 5.73 Å². The zero-order valence-electron chi connectivity index (χ0n) is 11.0. The van der Waals surface area contributed by atoms with Gasteiger partial charge in [0, 0.05) is 18.2 Å². The summed E-state index contributed by atoms with van der Waals surface area (Å²) >= 11 is 3.05. The smallest absolute Gasteiger partial charge is 0.251 e.